The van der Waals surface area contributed by atoms with Crippen molar-refractivity contribution in [3.63, 3.8) is 0 Å². The number of alkyl halides is 3. The lowest BCUT2D eigenvalue weighted by Gasteiger charge is -2.14. The summed E-state index contributed by atoms with van der Waals surface area (Å²) in [5.41, 5.74) is 1.49. The van der Waals surface area contributed by atoms with Gasteiger partial charge in [-0.2, -0.15) is 13.2 Å². The fourth-order valence-corrected chi connectivity index (χ4v) is 2.43. The van der Waals surface area contributed by atoms with Gasteiger partial charge in [0.25, 0.3) is 0 Å². The van der Waals surface area contributed by atoms with Crippen LogP contribution in [0.15, 0.2) is 41.5 Å². The van der Waals surface area contributed by atoms with E-state index in [-0.39, 0.29) is 5.95 Å². The second-order valence-electron chi connectivity index (χ2n) is 5.66. The predicted molar refractivity (Wildman–Crippen MR) is 99.5 cm³/mol. The number of aliphatic imine (C=N–C) groups is 1. The molecule has 3 N–H and O–H groups in total. The van der Waals surface area contributed by atoms with Gasteiger partial charge >= 0.3 is 6.18 Å². The molecule has 0 fully saturated rings. The Hall–Kier alpha value is -2.84. The molecule has 0 atom stereocenters. The van der Waals surface area contributed by atoms with Crippen molar-refractivity contribution < 1.29 is 13.2 Å². The first-order valence-corrected chi connectivity index (χ1v) is 8.59. The number of nitrogens with one attached hydrogen (secondary N) is 3. The Bertz CT molecular complexity index is 761. The van der Waals surface area contributed by atoms with Gasteiger partial charge in [-0.15, -0.1) is 0 Å². The van der Waals surface area contributed by atoms with Gasteiger partial charge in [-0.3, -0.25) is 4.99 Å². The third-order valence-electron chi connectivity index (χ3n) is 3.82. The van der Waals surface area contributed by atoms with Gasteiger partial charge in [-0.05, 0) is 23.6 Å². The van der Waals surface area contributed by atoms with Crippen LogP contribution in [0.2, 0.25) is 0 Å². The summed E-state index contributed by atoms with van der Waals surface area (Å²) in [5.74, 6) is 0.541. The van der Waals surface area contributed by atoms with Crippen LogP contribution in [0.5, 0.6) is 0 Å². The highest BCUT2D eigenvalue weighted by molar-refractivity contribution is 5.79. The SMILES string of the molecule is CCc1ccccc1CNC(=NC)NCCNc1nccc(C(F)(F)F)n1. The zero-order chi connectivity index (χ0) is 19.7. The van der Waals surface area contributed by atoms with E-state index in [1.807, 2.05) is 12.1 Å². The Kier molecular flexibility index (Phi) is 7.39. The predicted octanol–water partition coefficient (Wildman–Crippen LogP) is 2.83. The van der Waals surface area contributed by atoms with Gasteiger partial charge in [0.2, 0.25) is 5.95 Å². The minimum Gasteiger partial charge on any atom is -0.355 e. The number of aryl methyl sites for hydroxylation is 1. The average Bonchev–Trinajstić information content (AvgIpc) is 2.67. The van der Waals surface area contributed by atoms with Crippen LogP contribution in [0.1, 0.15) is 23.7 Å². The fraction of sp³-hybridized carbons (Fsp3) is 0.389. The quantitative estimate of drug-likeness (QED) is 0.391. The zero-order valence-electron chi connectivity index (χ0n) is 15.3. The second kappa shape index (κ2) is 9.75. The maximum atomic E-state index is 12.6. The molecule has 146 valence electrons. The van der Waals surface area contributed by atoms with Crippen molar-refractivity contribution in [2.24, 2.45) is 4.99 Å². The number of hydrogen-bond donors (Lipinski definition) is 3. The van der Waals surface area contributed by atoms with E-state index in [0.29, 0.717) is 25.6 Å². The van der Waals surface area contributed by atoms with E-state index >= 15 is 0 Å². The molecule has 0 saturated heterocycles. The number of aromatic nitrogens is 2. The van der Waals surface area contributed by atoms with E-state index in [2.05, 4.69) is 50.0 Å². The Morgan fingerprint density at radius 1 is 1.07 bits per heavy atom. The monoisotopic (exact) mass is 380 g/mol. The van der Waals surface area contributed by atoms with Crippen LogP contribution < -0.4 is 16.0 Å². The molecule has 0 amide bonds. The molecule has 0 unspecified atom stereocenters. The molecular weight excluding hydrogens is 357 g/mol. The van der Waals surface area contributed by atoms with E-state index in [0.717, 1.165) is 18.7 Å². The molecule has 2 aromatic rings. The van der Waals surface area contributed by atoms with Gasteiger partial charge in [0.05, 0.1) is 0 Å². The Labute approximate surface area is 156 Å². The highest BCUT2D eigenvalue weighted by Gasteiger charge is 2.32. The maximum absolute atomic E-state index is 12.6. The highest BCUT2D eigenvalue weighted by atomic mass is 19.4. The lowest BCUT2D eigenvalue weighted by atomic mass is 10.1. The molecular formula is C18H23F3N6. The van der Waals surface area contributed by atoms with Crippen LogP contribution in [-0.2, 0) is 19.1 Å². The zero-order valence-corrected chi connectivity index (χ0v) is 15.3. The normalized spacial score (nSPS) is 12.0. The minimum absolute atomic E-state index is 0.0635. The second-order valence-corrected chi connectivity index (χ2v) is 5.66. The maximum Gasteiger partial charge on any atom is 0.433 e. The Balaban J connectivity index is 1.78. The molecule has 0 radical (unpaired) electrons. The third-order valence-corrected chi connectivity index (χ3v) is 3.82. The molecule has 0 aliphatic rings. The van der Waals surface area contributed by atoms with Gasteiger partial charge in [-0.1, -0.05) is 31.2 Å². The van der Waals surface area contributed by atoms with E-state index < -0.39 is 11.9 Å². The molecule has 9 heteroatoms. The topological polar surface area (TPSA) is 74.2 Å². The van der Waals surface area contributed by atoms with Gasteiger partial charge < -0.3 is 16.0 Å². The molecule has 6 nitrogen and oxygen atoms in total. The third kappa shape index (κ3) is 6.43. The van der Waals surface area contributed by atoms with Crippen LogP contribution in [0.25, 0.3) is 0 Å². The number of nitrogens with zero attached hydrogens (tertiary/aromatic N) is 3. The van der Waals surface area contributed by atoms with E-state index in [1.165, 1.54) is 11.1 Å². The summed E-state index contributed by atoms with van der Waals surface area (Å²) in [7, 11) is 1.66. The van der Waals surface area contributed by atoms with Gasteiger partial charge in [0.1, 0.15) is 5.69 Å². The number of guanidine groups is 1. The van der Waals surface area contributed by atoms with Crippen molar-refractivity contribution in [3.05, 3.63) is 53.3 Å². The van der Waals surface area contributed by atoms with Gasteiger partial charge in [0.15, 0.2) is 5.96 Å². The molecule has 27 heavy (non-hydrogen) atoms. The van der Waals surface area contributed by atoms with Crippen molar-refractivity contribution in [2.75, 3.05) is 25.5 Å². The molecule has 2 rings (SSSR count). The van der Waals surface area contributed by atoms with Gasteiger partial charge in [-0.25, -0.2) is 9.97 Å². The first-order chi connectivity index (χ1) is 12.9. The number of rotatable bonds is 7. The molecule has 0 aliphatic carbocycles. The number of benzene rings is 1. The van der Waals surface area contributed by atoms with Crippen molar-refractivity contribution in [1.82, 2.24) is 20.6 Å². The average molecular weight is 380 g/mol. The van der Waals surface area contributed by atoms with Crippen molar-refractivity contribution in [2.45, 2.75) is 26.1 Å². The number of hydrogen-bond acceptors (Lipinski definition) is 4. The summed E-state index contributed by atoms with van der Waals surface area (Å²) < 4.78 is 37.9. The van der Waals surface area contributed by atoms with Crippen molar-refractivity contribution >= 4 is 11.9 Å². The van der Waals surface area contributed by atoms with Crippen LogP contribution in [-0.4, -0.2) is 36.1 Å². The van der Waals surface area contributed by atoms with E-state index in [9.17, 15) is 13.2 Å². The molecule has 0 aliphatic heterocycles. The van der Waals surface area contributed by atoms with Crippen molar-refractivity contribution in [1.29, 1.82) is 0 Å². The van der Waals surface area contributed by atoms with Crippen molar-refractivity contribution in [3.8, 4) is 0 Å². The van der Waals surface area contributed by atoms with Crippen LogP contribution in [0, 0.1) is 0 Å². The molecule has 0 saturated carbocycles. The van der Waals surface area contributed by atoms with Crippen LogP contribution in [0.3, 0.4) is 0 Å². The largest absolute Gasteiger partial charge is 0.433 e. The molecule has 1 aromatic heterocycles. The summed E-state index contributed by atoms with van der Waals surface area (Å²) >= 11 is 0. The smallest absolute Gasteiger partial charge is 0.355 e. The summed E-state index contributed by atoms with van der Waals surface area (Å²) in [6.45, 7) is 3.52. The first kappa shape index (κ1) is 20.5. The molecule has 0 bridgehead atoms. The fourth-order valence-electron chi connectivity index (χ4n) is 2.43. The summed E-state index contributed by atoms with van der Waals surface area (Å²) in [6, 6.07) is 8.99. The minimum atomic E-state index is -4.49. The van der Waals surface area contributed by atoms with Crippen LogP contribution >= 0.6 is 0 Å². The Morgan fingerprint density at radius 3 is 2.48 bits per heavy atom. The molecule has 0 spiro atoms. The summed E-state index contributed by atoms with van der Waals surface area (Å²) in [6.07, 6.45) is -2.46. The summed E-state index contributed by atoms with van der Waals surface area (Å²) in [5, 5.41) is 9.07. The first-order valence-electron chi connectivity index (χ1n) is 8.59. The highest BCUT2D eigenvalue weighted by Crippen LogP contribution is 2.27. The van der Waals surface area contributed by atoms with E-state index in [4.69, 9.17) is 0 Å². The van der Waals surface area contributed by atoms with Crippen LogP contribution in [0.4, 0.5) is 19.1 Å². The number of halogens is 3. The van der Waals surface area contributed by atoms with Gasteiger partial charge in [0, 0.05) is 32.9 Å². The lowest BCUT2D eigenvalue weighted by molar-refractivity contribution is -0.141. The standard InChI is InChI=1S/C18H23F3N6/c1-3-13-6-4-5-7-14(13)12-26-16(22-2)24-10-11-25-17-23-9-8-15(27-17)18(19,20)21/h4-9H,3,10-12H2,1-2H3,(H2,22,24,26)(H,23,25,27). The summed E-state index contributed by atoms with van der Waals surface area (Å²) in [4.78, 5) is 11.4. The molecule has 1 heterocycles. The lowest BCUT2D eigenvalue weighted by Crippen LogP contribution is -2.39. The molecule has 1 aromatic carbocycles. The Morgan fingerprint density at radius 2 is 1.81 bits per heavy atom. The van der Waals surface area contributed by atoms with E-state index in [1.54, 1.807) is 7.05 Å². The number of anilines is 1.